The van der Waals surface area contributed by atoms with E-state index >= 15 is 0 Å². The van der Waals surface area contributed by atoms with E-state index in [1.54, 1.807) is 0 Å². The van der Waals surface area contributed by atoms with Crippen LogP contribution in [0.5, 0.6) is 0 Å². The predicted octanol–water partition coefficient (Wildman–Crippen LogP) is 14.0. The molecule has 53 heavy (non-hydrogen) atoms. The van der Waals surface area contributed by atoms with Crippen molar-refractivity contribution in [2.75, 3.05) is 0 Å². The lowest BCUT2D eigenvalue weighted by Gasteiger charge is -2.14. The predicted molar refractivity (Wildman–Crippen MR) is 225 cm³/mol. The fraction of sp³-hybridized carbons (Fsp3) is 0. The highest BCUT2D eigenvalue weighted by atomic mass is 32.1. The molecule has 0 unspecified atom stereocenters. The molecule has 0 saturated carbocycles. The molecule has 2 heterocycles. The minimum absolute atomic E-state index is 0.702. The molecule has 3 heteroatoms. The molecule has 0 fully saturated rings. The molecule has 10 rings (SSSR count). The number of fused-ring (bicyclic) bond motifs is 4. The van der Waals surface area contributed by atoms with Gasteiger partial charge in [-0.1, -0.05) is 152 Å². The van der Waals surface area contributed by atoms with Crippen LogP contribution in [-0.4, -0.2) is 9.97 Å². The fourth-order valence-electron chi connectivity index (χ4n) is 7.40. The van der Waals surface area contributed by atoms with Gasteiger partial charge in [0.2, 0.25) is 0 Å². The van der Waals surface area contributed by atoms with Crippen LogP contribution >= 0.6 is 11.3 Å². The van der Waals surface area contributed by atoms with Crippen LogP contribution in [0.4, 0.5) is 0 Å². The van der Waals surface area contributed by atoms with Crippen molar-refractivity contribution in [1.82, 2.24) is 9.97 Å². The highest BCUT2D eigenvalue weighted by Crippen LogP contribution is 2.40. The Labute approximate surface area is 312 Å². The molecule has 0 saturated heterocycles. The summed E-state index contributed by atoms with van der Waals surface area (Å²) in [6, 6.07) is 69.3. The molecular weight excluding hydrogens is 661 g/mol. The number of hydrogen-bond acceptors (Lipinski definition) is 3. The van der Waals surface area contributed by atoms with Crippen molar-refractivity contribution in [1.29, 1.82) is 0 Å². The SMILES string of the molecule is c1ccc(-c2ccc(-c3cc(-c4cc(-c5ccc6sc7ccccc7c6c5)cc(-c5cccc6ccccc56)c4)nc(-c4ccccc4)n3)cc2)cc1. The minimum Gasteiger partial charge on any atom is -0.228 e. The van der Waals surface area contributed by atoms with E-state index in [4.69, 9.17) is 9.97 Å². The van der Waals surface area contributed by atoms with Crippen molar-refractivity contribution < 1.29 is 0 Å². The van der Waals surface area contributed by atoms with E-state index in [1.807, 2.05) is 29.5 Å². The largest absolute Gasteiger partial charge is 0.228 e. The Morgan fingerprint density at radius 1 is 0.302 bits per heavy atom. The average molecular weight is 693 g/mol. The number of benzene rings is 8. The molecule has 0 radical (unpaired) electrons. The van der Waals surface area contributed by atoms with Crippen molar-refractivity contribution in [2.24, 2.45) is 0 Å². The first-order valence-corrected chi connectivity index (χ1v) is 18.7. The molecular formula is C50H32N2S. The summed E-state index contributed by atoms with van der Waals surface area (Å²) in [5, 5.41) is 5.03. The first kappa shape index (κ1) is 31.1. The molecule has 8 aromatic carbocycles. The van der Waals surface area contributed by atoms with Gasteiger partial charge in [0.05, 0.1) is 11.4 Å². The van der Waals surface area contributed by atoms with Gasteiger partial charge in [0.25, 0.3) is 0 Å². The zero-order valence-corrected chi connectivity index (χ0v) is 29.6. The highest BCUT2D eigenvalue weighted by Gasteiger charge is 2.16. The summed E-state index contributed by atoms with van der Waals surface area (Å²) in [5.41, 5.74) is 11.9. The molecule has 2 aromatic heterocycles. The summed E-state index contributed by atoms with van der Waals surface area (Å²) in [4.78, 5) is 10.4. The van der Waals surface area contributed by atoms with Crippen LogP contribution < -0.4 is 0 Å². The van der Waals surface area contributed by atoms with Gasteiger partial charge in [-0.15, -0.1) is 11.3 Å². The van der Waals surface area contributed by atoms with Gasteiger partial charge in [-0.25, -0.2) is 9.97 Å². The van der Waals surface area contributed by atoms with Gasteiger partial charge in [0.1, 0.15) is 0 Å². The Morgan fingerprint density at radius 3 is 1.68 bits per heavy atom. The zero-order chi connectivity index (χ0) is 35.1. The van der Waals surface area contributed by atoms with E-state index in [0.29, 0.717) is 5.82 Å². The smallest absolute Gasteiger partial charge is 0.160 e. The summed E-state index contributed by atoms with van der Waals surface area (Å²) in [7, 11) is 0. The lowest BCUT2D eigenvalue weighted by molar-refractivity contribution is 1.18. The first-order chi connectivity index (χ1) is 26.2. The quantitative estimate of drug-likeness (QED) is 0.173. The first-order valence-electron chi connectivity index (χ1n) is 17.9. The fourth-order valence-corrected chi connectivity index (χ4v) is 8.49. The van der Waals surface area contributed by atoms with E-state index in [-0.39, 0.29) is 0 Å². The van der Waals surface area contributed by atoms with Crippen LogP contribution in [0.15, 0.2) is 194 Å². The van der Waals surface area contributed by atoms with Crippen LogP contribution in [0, 0.1) is 0 Å². The number of aromatic nitrogens is 2. The lowest BCUT2D eigenvalue weighted by atomic mass is 9.91. The van der Waals surface area contributed by atoms with Gasteiger partial charge in [-0.3, -0.25) is 0 Å². The Hall–Kier alpha value is -6.68. The summed E-state index contributed by atoms with van der Waals surface area (Å²) in [5.74, 6) is 0.702. The number of hydrogen-bond donors (Lipinski definition) is 0. The molecule has 0 atom stereocenters. The lowest BCUT2D eigenvalue weighted by Crippen LogP contribution is -1.96. The van der Waals surface area contributed by atoms with Crippen molar-refractivity contribution in [2.45, 2.75) is 0 Å². The topological polar surface area (TPSA) is 25.8 Å². The van der Waals surface area contributed by atoms with Crippen LogP contribution in [0.2, 0.25) is 0 Å². The van der Waals surface area contributed by atoms with Crippen LogP contribution in [0.1, 0.15) is 0 Å². The Morgan fingerprint density at radius 2 is 0.868 bits per heavy atom. The molecule has 0 aliphatic carbocycles. The molecule has 248 valence electrons. The van der Waals surface area contributed by atoms with Crippen molar-refractivity contribution in [3.8, 4) is 67.3 Å². The molecule has 0 bridgehead atoms. The third-order valence-corrected chi connectivity index (χ3v) is 11.2. The van der Waals surface area contributed by atoms with Gasteiger partial charge in [0, 0.05) is 36.9 Å². The molecule has 0 amide bonds. The normalized spacial score (nSPS) is 11.4. The third-order valence-electron chi connectivity index (χ3n) is 10.1. The van der Waals surface area contributed by atoms with Crippen molar-refractivity contribution in [3.05, 3.63) is 194 Å². The molecule has 0 aliphatic rings. The van der Waals surface area contributed by atoms with E-state index in [0.717, 1.165) is 39.2 Å². The van der Waals surface area contributed by atoms with Crippen molar-refractivity contribution >= 4 is 42.3 Å². The summed E-state index contributed by atoms with van der Waals surface area (Å²) in [6.45, 7) is 0. The van der Waals surface area contributed by atoms with Gasteiger partial charge >= 0.3 is 0 Å². The maximum absolute atomic E-state index is 5.27. The van der Waals surface area contributed by atoms with Crippen LogP contribution in [0.3, 0.4) is 0 Å². The van der Waals surface area contributed by atoms with Crippen molar-refractivity contribution in [3.63, 3.8) is 0 Å². The van der Waals surface area contributed by atoms with E-state index < -0.39 is 0 Å². The molecule has 10 aromatic rings. The number of nitrogens with zero attached hydrogens (tertiary/aromatic N) is 2. The highest BCUT2D eigenvalue weighted by molar-refractivity contribution is 7.25. The monoisotopic (exact) mass is 692 g/mol. The third kappa shape index (κ3) is 5.87. The Bertz CT molecular complexity index is 2920. The molecule has 0 N–H and O–H groups in total. The standard InChI is InChI=1S/C50H32N2S/c1-3-12-33(13-4-1)34-22-24-36(25-23-34)46-32-47(52-50(51-46)37-15-5-2-6-16-37)41-29-39(28-40(30-41)43-20-11-17-35-14-7-8-18-42(35)43)38-26-27-49-45(31-38)44-19-9-10-21-48(44)53-49/h1-32H. The van der Waals surface area contributed by atoms with Gasteiger partial charge in [-0.05, 0) is 86.6 Å². The summed E-state index contributed by atoms with van der Waals surface area (Å²) in [6.07, 6.45) is 0. The van der Waals surface area contributed by atoms with Gasteiger partial charge in [0.15, 0.2) is 5.82 Å². The van der Waals surface area contributed by atoms with E-state index in [1.165, 1.54) is 53.2 Å². The summed E-state index contributed by atoms with van der Waals surface area (Å²) < 4.78 is 2.61. The molecule has 0 spiro atoms. The minimum atomic E-state index is 0.702. The second-order valence-corrected chi connectivity index (χ2v) is 14.5. The van der Waals surface area contributed by atoms with Crippen LogP contribution in [0.25, 0.3) is 98.2 Å². The average Bonchev–Trinajstić information content (AvgIpc) is 3.62. The molecule has 0 aliphatic heterocycles. The second-order valence-electron chi connectivity index (χ2n) is 13.4. The van der Waals surface area contributed by atoms with E-state index in [2.05, 4.69) is 176 Å². The molecule has 2 nitrogen and oxygen atoms in total. The Kier molecular flexibility index (Phi) is 7.71. The van der Waals surface area contributed by atoms with Gasteiger partial charge in [-0.2, -0.15) is 0 Å². The van der Waals surface area contributed by atoms with E-state index in [9.17, 15) is 0 Å². The summed E-state index contributed by atoms with van der Waals surface area (Å²) >= 11 is 1.85. The Balaban J connectivity index is 1.18. The maximum atomic E-state index is 5.27. The zero-order valence-electron chi connectivity index (χ0n) is 28.8. The second kappa shape index (κ2) is 13.1. The number of rotatable bonds is 6. The number of thiophene rings is 1. The van der Waals surface area contributed by atoms with Gasteiger partial charge < -0.3 is 0 Å². The maximum Gasteiger partial charge on any atom is 0.160 e. The van der Waals surface area contributed by atoms with Crippen LogP contribution in [-0.2, 0) is 0 Å².